The van der Waals surface area contributed by atoms with E-state index in [1.165, 1.54) is 56.5 Å². The first-order valence-corrected chi connectivity index (χ1v) is 21.7. The monoisotopic (exact) mass is 799 g/mol. The Hall–Kier alpha value is -7.37. The fourth-order valence-electron chi connectivity index (χ4n) is 10.1. The van der Waals surface area contributed by atoms with Gasteiger partial charge >= 0.3 is 0 Å². The van der Waals surface area contributed by atoms with Gasteiger partial charge in [0.15, 0.2) is 17.5 Å². The maximum atomic E-state index is 5.25. The average molecular weight is 800 g/mol. The van der Waals surface area contributed by atoms with E-state index in [9.17, 15) is 0 Å². The Balaban J connectivity index is 1.03. The Bertz CT molecular complexity index is 3570. The van der Waals surface area contributed by atoms with Crippen molar-refractivity contribution in [3.8, 4) is 45.5 Å². The quantitative estimate of drug-likeness (QED) is 0.174. The third-order valence-corrected chi connectivity index (χ3v) is 13.6. The molecule has 0 atom stereocenters. The molecule has 0 fully saturated rings. The number of hydrogen-bond donors (Lipinski definition) is 0. The fraction of sp³-hybridized carbons (Fsp3) is 0.140. The lowest BCUT2D eigenvalue weighted by atomic mass is 9.63. The highest BCUT2D eigenvalue weighted by Gasteiger charge is 2.38. The highest BCUT2D eigenvalue weighted by atomic mass is 15.0. The molecule has 0 amide bonds. The van der Waals surface area contributed by atoms with Gasteiger partial charge in [-0.15, -0.1) is 0 Å². The van der Waals surface area contributed by atoms with E-state index in [-0.39, 0.29) is 10.8 Å². The van der Waals surface area contributed by atoms with Gasteiger partial charge in [0.1, 0.15) is 0 Å². The van der Waals surface area contributed by atoms with Crippen molar-refractivity contribution < 1.29 is 0 Å². The van der Waals surface area contributed by atoms with Crippen molar-refractivity contribution in [1.82, 2.24) is 24.1 Å². The van der Waals surface area contributed by atoms with Crippen LogP contribution in [0.15, 0.2) is 176 Å². The number of fused-ring (bicyclic) bond motifs is 8. The van der Waals surface area contributed by atoms with Crippen LogP contribution in [-0.2, 0) is 10.8 Å². The Kier molecular flexibility index (Phi) is 7.98. The summed E-state index contributed by atoms with van der Waals surface area (Å²) < 4.78 is 4.80. The van der Waals surface area contributed by atoms with Gasteiger partial charge in [0.2, 0.25) is 0 Å². The van der Waals surface area contributed by atoms with Crippen LogP contribution in [0, 0.1) is 0 Å². The molecule has 62 heavy (non-hydrogen) atoms. The molecule has 0 aliphatic heterocycles. The third-order valence-electron chi connectivity index (χ3n) is 13.6. The van der Waals surface area contributed by atoms with Crippen molar-refractivity contribution in [1.29, 1.82) is 0 Å². The lowest BCUT2D eigenvalue weighted by molar-refractivity contribution is 0.332. The molecule has 1 aliphatic rings. The Morgan fingerprint density at radius 2 is 0.855 bits per heavy atom. The molecular weight excluding hydrogens is 755 g/mol. The van der Waals surface area contributed by atoms with E-state index in [0.29, 0.717) is 17.5 Å². The van der Waals surface area contributed by atoms with Crippen molar-refractivity contribution in [3.05, 3.63) is 187 Å². The van der Waals surface area contributed by atoms with E-state index in [4.69, 9.17) is 15.0 Å². The number of rotatable bonds is 5. The van der Waals surface area contributed by atoms with Gasteiger partial charge in [-0.3, -0.25) is 0 Å². The molecule has 12 rings (SSSR count). The highest BCUT2D eigenvalue weighted by Crippen LogP contribution is 2.48. The van der Waals surface area contributed by atoms with E-state index >= 15 is 0 Å². The zero-order valence-electron chi connectivity index (χ0n) is 35.4. The molecule has 3 aromatic heterocycles. The van der Waals surface area contributed by atoms with Crippen LogP contribution in [0.2, 0.25) is 0 Å². The minimum absolute atomic E-state index is 0.104. The molecule has 0 unspecified atom stereocenters. The standard InChI is InChI=1S/C57H45N5/c1-56(2)29-30-57(3,4)48-35-52-46(34-47(48)56)44-20-12-14-22-50(44)62(52)42-27-25-36-23-24-38(31-40(36)32-42)54-58-53(37-15-7-5-8-16-37)59-55(60-54)39-26-28-45-43-19-11-13-21-49(43)61(51(45)33-39)41-17-9-6-10-18-41/h5-28,31-35H,29-30H2,1-4H3. The van der Waals surface area contributed by atoms with Crippen molar-refractivity contribution >= 4 is 54.4 Å². The molecule has 0 N–H and O–H groups in total. The van der Waals surface area contributed by atoms with Gasteiger partial charge in [-0.25, -0.2) is 15.0 Å². The predicted octanol–water partition coefficient (Wildman–Crippen LogP) is 14.6. The number of hydrogen-bond acceptors (Lipinski definition) is 3. The largest absolute Gasteiger partial charge is 0.309 e. The summed E-state index contributed by atoms with van der Waals surface area (Å²) in [5.74, 6) is 1.91. The fourth-order valence-corrected chi connectivity index (χ4v) is 10.1. The van der Waals surface area contributed by atoms with Gasteiger partial charge < -0.3 is 9.13 Å². The van der Waals surface area contributed by atoms with Crippen LogP contribution in [0.1, 0.15) is 51.7 Å². The Morgan fingerprint density at radius 1 is 0.355 bits per heavy atom. The molecule has 0 spiro atoms. The van der Waals surface area contributed by atoms with Gasteiger partial charge in [-0.1, -0.05) is 143 Å². The molecule has 8 aromatic carbocycles. The first-order chi connectivity index (χ1) is 30.2. The maximum absolute atomic E-state index is 5.25. The lowest BCUT2D eigenvalue weighted by Crippen LogP contribution is -2.33. The van der Waals surface area contributed by atoms with Crippen molar-refractivity contribution in [3.63, 3.8) is 0 Å². The molecule has 3 heterocycles. The van der Waals surface area contributed by atoms with Gasteiger partial charge in [-0.05, 0) is 106 Å². The van der Waals surface area contributed by atoms with Crippen LogP contribution in [-0.4, -0.2) is 24.1 Å². The second kappa shape index (κ2) is 13.6. The molecule has 298 valence electrons. The Labute approximate surface area is 361 Å². The summed E-state index contributed by atoms with van der Waals surface area (Å²) in [5.41, 5.74) is 13.0. The van der Waals surface area contributed by atoms with Crippen molar-refractivity contribution in [2.75, 3.05) is 0 Å². The molecule has 0 bridgehead atoms. The minimum Gasteiger partial charge on any atom is -0.309 e. The average Bonchev–Trinajstić information content (AvgIpc) is 3.82. The van der Waals surface area contributed by atoms with Crippen LogP contribution in [0.4, 0.5) is 0 Å². The molecule has 1 aliphatic carbocycles. The first kappa shape index (κ1) is 36.5. The topological polar surface area (TPSA) is 48.5 Å². The number of nitrogens with zero attached hydrogens (tertiary/aromatic N) is 5. The van der Waals surface area contributed by atoms with E-state index in [1.54, 1.807) is 0 Å². The first-order valence-electron chi connectivity index (χ1n) is 21.7. The van der Waals surface area contributed by atoms with Gasteiger partial charge in [0, 0.05) is 49.6 Å². The number of benzene rings is 8. The summed E-state index contributed by atoms with van der Waals surface area (Å²) >= 11 is 0. The number of para-hydroxylation sites is 3. The summed E-state index contributed by atoms with van der Waals surface area (Å²) in [6.07, 6.45) is 2.36. The van der Waals surface area contributed by atoms with Crippen LogP contribution >= 0.6 is 0 Å². The van der Waals surface area contributed by atoms with Gasteiger partial charge in [0.05, 0.1) is 22.1 Å². The second-order valence-corrected chi connectivity index (χ2v) is 18.4. The lowest BCUT2D eigenvalue weighted by Gasteiger charge is -2.42. The molecule has 0 radical (unpaired) electrons. The normalized spacial score (nSPS) is 14.6. The van der Waals surface area contributed by atoms with E-state index < -0.39 is 0 Å². The summed E-state index contributed by atoms with van der Waals surface area (Å²) in [5, 5.41) is 7.28. The van der Waals surface area contributed by atoms with Crippen LogP contribution in [0.5, 0.6) is 0 Å². The molecule has 0 saturated heterocycles. The van der Waals surface area contributed by atoms with Gasteiger partial charge in [-0.2, -0.15) is 0 Å². The molecular formula is C57H45N5. The third kappa shape index (κ3) is 5.72. The molecule has 0 saturated carbocycles. The molecule has 11 aromatic rings. The van der Waals surface area contributed by atoms with E-state index in [2.05, 4.69) is 195 Å². The van der Waals surface area contributed by atoms with E-state index in [0.717, 1.165) is 49.9 Å². The molecule has 5 heteroatoms. The van der Waals surface area contributed by atoms with E-state index in [1.807, 2.05) is 18.2 Å². The zero-order chi connectivity index (χ0) is 41.7. The number of aromatic nitrogens is 5. The SMILES string of the molecule is CC1(C)CCC(C)(C)c2cc3c(cc21)c1ccccc1n3-c1ccc2ccc(-c3nc(-c4ccccc4)nc(-c4ccc5c6ccccc6n(-c6ccccc6)c5c4)n3)cc2c1. The highest BCUT2D eigenvalue weighted by molar-refractivity contribution is 6.11. The van der Waals surface area contributed by atoms with Crippen molar-refractivity contribution in [2.45, 2.75) is 51.4 Å². The van der Waals surface area contributed by atoms with Crippen LogP contribution < -0.4 is 0 Å². The summed E-state index contributed by atoms with van der Waals surface area (Å²) in [4.78, 5) is 15.6. The summed E-state index contributed by atoms with van der Waals surface area (Å²) in [6, 6.07) is 63.3. The second-order valence-electron chi connectivity index (χ2n) is 18.4. The summed E-state index contributed by atoms with van der Waals surface area (Å²) in [7, 11) is 0. The zero-order valence-corrected chi connectivity index (χ0v) is 35.4. The predicted molar refractivity (Wildman–Crippen MR) is 258 cm³/mol. The summed E-state index contributed by atoms with van der Waals surface area (Å²) in [6.45, 7) is 9.65. The van der Waals surface area contributed by atoms with Crippen LogP contribution in [0.3, 0.4) is 0 Å². The van der Waals surface area contributed by atoms with Crippen LogP contribution in [0.25, 0.3) is 99.9 Å². The smallest absolute Gasteiger partial charge is 0.164 e. The van der Waals surface area contributed by atoms with Crippen molar-refractivity contribution in [2.24, 2.45) is 0 Å². The minimum atomic E-state index is 0.104. The van der Waals surface area contributed by atoms with Gasteiger partial charge in [0.25, 0.3) is 0 Å². The molecule has 5 nitrogen and oxygen atoms in total. The Morgan fingerprint density at radius 3 is 1.55 bits per heavy atom. The maximum Gasteiger partial charge on any atom is 0.164 e.